The van der Waals surface area contributed by atoms with Crippen LogP contribution in [0.2, 0.25) is 0 Å². The number of carbonyl (C=O) groups is 1. The highest BCUT2D eigenvalue weighted by molar-refractivity contribution is 5.82. The smallest absolute Gasteiger partial charge is 0.255 e. The summed E-state index contributed by atoms with van der Waals surface area (Å²) in [6.07, 6.45) is 0.341. The lowest BCUT2D eigenvalue weighted by molar-refractivity contribution is -0.126. The molecule has 0 saturated carbocycles. The summed E-state index contributed by atoms with van der Waals surface area (Å²) in [4.78, 5) is 13.8. The first kappa shape index (κ1) is 12.0. The Bertz CT molecular complexity index is 383. The van der Waals surface area contributed by atoms with Gasteiger partial charge >= 0.3 is 0 Å². The van der Waals surface area contributed by atoms with Crippen molar-refractivity contribution in [2.75, 3.05) is 13.1 Å². The first-order valence-corrected chi connectivity index (χ1v) is 5.70. The highest BCUT2D eigenvalue weighted by atomic mass is 16.3. The van der Waals surface area contributed by atoms with E-state index in [4.69, 9.17) is 5.84 Å². The van der Waals surface area contributed by atoms with Crippen molar-refractivity contribution in [3.8, 4) is 0 Å². The molecule has 2 unspecified atom stereocenters. The highest BCUT2D eigenvalue weighted by Crippen LogP contribution is 2.25. The van der Waals surface area contributed by atoms with E-state index in [9.17, 15) is 9.90 Å². The van der Waals surface area contributed by atoms with Crippen molar-refractivity contribution in [2.45, 2.75) is 18.6 Å². The number of β-amino-alcohol motifs (C(OH)–C–C–N with tert-alkyl or cyclic N) is 1. The maximum atomic E-state index is 11.8. The summed E-state index contributed by atoms with van der Waals surface area (Å²) in [5, 5.41) is 9.55. The molecule has 17 heavy (non-hydrogen) atoms. The molecule has 0 spiro atoms. The second-order valence-electron chi connectivity index (χ2n) is 4.26. The molecule has 1 amide bonds. The van der Waals surface area contributed by atoms with Crippen LogP contribution >= 0.6 is 0 Å². The zero-order valence-electron chi connectivity index (χ0n) is 9.54. The Labute approximate surface area is 100 Å². The van der Waals surface area contributed by atoms with Crippen LogP contribution in [0.3, 0.4) is 0 Å². The number of rotatable bonds is 3. The van der Waals surface area contributed by atoms with E-state index in [0.717, 1.165) is 5.56 Å². The molecule has 1 fully saturated rings. The Balaban J connectivity index is 2.23. The number of aliphatic hydroxyl groups is 1. The fraction of sp³-hybridized carbons (Fsp3) is 0.417. The zero-order chi connectivity index (χ0) is 12.3. The summed E-state index contributed by atoms with van der Waals surface area (Å²) in [7, 11) is 0. The predicted octanol–water partition coefficient (Wildman–Crippen LogP) is -0.216. The molecule has 0 aliphatic carbocycles. The summed E-state index contributed by atoms with van der Waals surface area (Å²) in [5.74, 6) is 4.98. The van der Waals surface area contributed by atoms with E-state index >= 15 is 0 Å². The molecule has 2 rings (SSSR count). The number of hydrogen-bond acceptors (Lipinski definition) is 4. The van der Waals surface area contributed by atoms with E-state index in [0.29, 0.717) is 19.5 Å². The lowest BCUT2D eigenvalue weighted by atomic mass is 10.1. The number of carbonyl (C=O) groups excluding carboxylic acids is 1. The van der Waals surface area contributed by atoms with Crippen LogP contribution in [0.4, 0.5) is 0 Å². The zero-order valence-corrected chi connectivity index (χ0v) is 9.54. The van der Waals surface area contributed by atoms with Crippen molar-refractivity contribution in [3.63, 3.8) is 0 Å². The molecule has 1 aliphatic rings. The number of benzene rings is 1. The first-order chi connectivity index (χ1) is 8.22. The number of nitrogens with zero attached hydrogens (tertiary/aromatic N) is 1. The van der Waals surface area contributed by atoms with Crippen molar-refractivity contribution in [3.05, 3.63) is 35.9 Å². The normalized spacial score (nSPS) is 22.4. The average Bonchev–Trinajstić information content (AvgIpc) is 2.77. The predicted molar refractivity (Wildman–Crippen MR) is 63.7 cm³/mol. The van der Waals surface area contributed by atoms with E-state index in [1.807, 2.05) is 35.2 Å². The third-order valence-corrected chi connectivity index (χ3v) is 3.07. The third kappa shape index (κ3) is 2.63. The lowest BCUT2D eigenvalue weighted by Crippen LogP contribution is -2.42. The van der Waals surface area contributed by atoms with Crippen molar-refractivity contribution in [1.29, 1.82) is 0 Å². The molecule has 0 aromatic heterocycles. The van der Waals surface area contributed by atoms with Crippen LogP contribution in [-0.4, -0.2) is 35.1 Å². The van der Waals surface area contributed by atoms with Crippen molar-refractivity contribution >= 4 is 5.91 Å². The Morgan fingerprint density at radius 1 is 1.47 bits per heavy atom. The molecule has 1 heterocycles. The molecule has 1 saturated heterocycles. The van der Waals surface area contributed by atoms with Gasteiger partial charge in [-0.05, 0) is 12.0 Å². The van der Waals surface area contributed by atoms with Crippen LogP contribution in [0.15, 0.2) is 30.3 Å². The molecule has 4 N–H and O–H groups in total. The van der Waals surface area contributed by atoms with Gasteiger partial charge in [0.15, 0.2) is 0 Å². The second kappa shape index (κ2) is 5.27. The standard InChI is InChI=1S/C12H17N3O2/c13-14-12(17)11(9-4-2-1-3-5-9)15-7-6-10(16)8-15/h1-5,10-11,16H,6-8,13H2,(H,14,17). The Morgan fingerprint density at radius 2 is 2.18 bits per heavy atom. The number of hydrazine groups is 1. The molecule has 1 aliphatic heterocycles. The third-order valence-electron chi connectivity index (χ3n) is 3.07. The van der Waals surface area contributed by atoms with Crippen LogP contribution in [0, 0.1) is 0 Å². The monoisotopic (exact) mass is 235 g/mol. The molecule has 2 atom stereocenters. The first-order valence-electron chi connectivity index (χ1n) is 5.70. The van der Waals surface area contributed by atoms with Gasteiger partial charge in [0.25, 0.3) is 5.91 Å². The molecule has 1 aromatic carbocycles. The molecule has 5 heteroatoms. The van der Waals surface area contributed by atoms with E-state index < -0.39 is 6.04 Å². The highest BCUT2D eigenvalue weighted by Gasteiger charge is 2.32. The summed E-state index contributed by atoms with van der Waals surface area (Å²) in [6.45, 7) is 1.21. The molecule has 92 valence electrons. The van der Waals surface area contributed by atoms with Crippen molar-refractivity contribution in [1.82, 2.24) is 10.3 Å². The molecular weight excluding hydrogens is 218 g/mol. The quantitative estimate of drug-likeness (QED) is 0.384. The Hall–Kier alpha value is -1.43. The molecule has 5 nitrogen and oxygen atoms in total. The van der Waals surface area contributed by atoms with Gasteiger partial charge in [-0.25, -0.2) is 5.84 Å². The lowest BCUT2D eigenvalue weighted by Gasteiger charge is -2.26. The van der Waals surface area contributed by atoms with Gasteiger partial charge in [-0.3, -0.25) is 15.1 Å². The topological polar surface area (TPSA) is 78.6 Å². The van der Waals surface area contributed by atoms with E-state index in [1.165, 1.54) is 0 Å². The minimum atomic E-state index is -0.418. The van der Waals surface area contributed by atoms with E-state index in [1.54, 1.807) is 0 Å². The summed E-state index contributed by atoms with van der Waals surface area (Å²) in [5.41, 5.74) is 3.09. The summed E-state index contributed by atoms with van der Waals surface area (Å²) < 4.78 is 0. The molecule has 0 radical (unpaired) electrons. The van der Waals surface area contributed by atoms with Crippen LogP contribution in [-0.2, 0) is 4.79 Å². The van der Waals surface area contributed by atoms with Crippen LogP contribution < -0.4 is 11.3 Å². The summed E-state index contributed by atoms with van der Waals surface area (Å²) >= 11 is 0. The SMILES string of the molecule is NNC(=O)C(c1ccccc1)N1CCC(O)C1. The molecule has 0 bridgehead atoms. The van der Waals surface area contributed by atoms with Crippen LogP contribution in [0.1, 0.15) is 18.0 Å². The largest absolute Gasteiger partial charge is 0.392 e. The van der Waals surface area contributed by atoms with Gasteiger partial charge in [-0.1, -0.05) is 30.3 Å². The van der Waals surface area contributed by atoms with Gasteiger partial charge in [-0.15, -0.1) is 0 Å². The van der Waals surface area contributed by atoms with E-state index in [-0.39, 0.29) is 12.0 Å². The Morgan fingerprint density at radius 3 is 2.71 bits per heavy atom. The number of aliphatic hydroxyl groups excluding tert-OH is 1. The van der Waals surface area contributed by atoms with Gasteiger partial charge in [0.1, 0.15) is 6.04 Å². The summed E-state index contributed by atoms with van der Waals surface area (Å²) in [6, 6.07) is 9.05. The number of nitrogens with one attached hydrogen (secondary N) is 1. The molecular formula is C12H17N3O2. The van der Waals surface area contributed by atoms with Gasteiger partial charge in [0.05, 0.1) is 6.10 Å². The minimum Gasteiger partial charge on any atom is -0.392 e. The van der Waals surface area contributed by atoms with Gasteiger partial charge in [0, 0.05) is 13.1 Å². The number of amides is 1. The van der Waals surface area contributed by atoms with Crippen molar-refractivity contribution in [2.24, 2.45) is 5.84 Å². The van der Waals surface area contributed by atoms with Crippen molar-refractivity contribution < 1.29 is 9.90 Å². The van der Waals surface area contributed by atoms with Crippen LogP contribution in [0.5, 0.6) is 0 Å². The van der Waals surface area contributed by atoms with Gasteiger partial charge in [-0.2, -0.15) is 0 Å². The van der Waals surface area contributed by atoms with Gasteiger partial charge in [0.2, 0.25) is 0 Å². The number of hydrogen-bond donors (Lipinski definition) is 3. The minimum absolute atomic E-state index is 0.245. The molecule has 1 aromatic rings. The maximum absolute atomic E-state index is 11.8. The van der Waals surface area contributed by atoms with E-state index in [2.05, 4.69) is 5.43 Å². The fourth-order valence-corrected chi connectivity index (χ4v) is 2.24. The van der Waals surface area contributed by atoms with Gasteiger partial charge < -0.3 is 5.11 Å². The number of likely N-dealkylation sites (tertiary alicyclic amines) is 1. The second-order valence-corrected chi connectivity index (χ2v) is 4.26. The fourth-order valence-electron chi connectivity index (χ4n) is 2.24. The Kier molecular flexibility index (Phi) is 3.73. The average molecular weight is 235 g/mol. The van der Waals surface area contributed by atoms with Crippen LogP contribution in [0.25, 0.3) is 0 Å². The maximum Gasteiger partial charge on any atom is 0.255 e. The number of nitrogens with two attached hydrogens (primary N) is 1.